The largest absolute Gasteiger partial charge is 0.504 e. The third-order valence-corrected chi connectivity index (χ3v) is 8.04. The minimum Gasteiger partial charge on any atom is -0.504 e. The van der Waals surface area contributed by atoms with E-state index in [2.05, 4.69) is 10.5 Å². The Hall–Kier alpha value is -3.60. The zero-order valence-electron chi connectivity index (χ0n) is 24.7. The Balaban J connectivity index is 1.20. The van der Waals surface area contributed by atoms with Gasteiger partial charge in [-0.15, -0.1) is 0 Å². The number of ether oxygens (including phenoxy) is 4. The predicted molar refractivity (Wildman–Crippen MR) is 157 cm³/mol. The molecule has 0 radical (unpaired) electrons. The number of aromatic hydroxyl groups is 1. The molecule has 1 aliphatic carbocycles. The molecule has 14 nitrogen and oxygen atoms in total. The summed E-state index contributed by atoms with van der Waals surface area (Å²) in [7, 11) is 0. The lowest BCUT2D eigenvalue weighted by Crippen LogP contribution is -2.67. The molecule has 0 spiro atoms. The van der Waals surface area contributed by atoms with Gasteiger partial charge in [0.2, 0.25) is 12.2 Å². The number of hydrogen-bond acceptors (Lipinski definition) is 13. The molecule has 7 N–H and O–H groups in total. The van der Waals surface area contributed by atoms with Crippen LogP contribution in [0, 0.1) is 0 Å². The van der Waals surface area contributed by atoms with Gasteiger partial charge < -0.3 is 59.7 Å². The van der Waals surface area contributed by atoms with E-state index in [1.165, 1.54) is 25.1 Å². The highest BCUT2D eigenvalue weighted by molar-refractivity contribution is 5.97. The van der Waals surface area contributed by atoms with E-state index in [0.29, 0.717) is 17.7 Å². The fourth-order valence-electron chi connectivity index (χ4n) is 5.49. The van der Waals surface area contributed by atoms with Crippen LogP contribution in [0.2, 0.25) is 0 Å². The van der Waals surface area contributed by atoms with Crippen molar-refractivity contribution in [1.29, 1.82) is 0 Å². The average Bonchev–Trinajstić information content (AvgIpc) is 3.63. The molecule has 3 fully saturated rings. The van der Waals surface area contributed by atoms with Crippen LogP contribution in [-0.4, -0.2) is 110 Å². The summed E-state index contributed by atoms with van der Waals surface area (Å²) in [5.74, 6) is -1.00. The molecular formula is C31H38N2O12. The second-order valence-corrected chi connectivity index (χ2v) is 11.1. The number of nitrogens with one attached hydrogen (secondary N) is 1. The standard InChI is InChI=1S/C31H38N2O12/c1-3-18(33-43-13-16-7-5-4-6-8-16)27-25(38)26(39)31(45-27)44-20-10-9-17(12-19(20)34)11-15(2)30(40)32-21-22(35)24(37)29-28(23(21)36)41-14-42-29/h4-12,21-29,31,34-39H,3,13-14H2,1-2H3,(H,32,40)/b15-11+,33-18+/t21?,22-,23+,24+,25-,26-,27+,28-,29+,31+/m0/s1. The number of aliphatic hydroxyl groups is 5. The van der Waals surface area contributed by atoms with Crippen LogP contribution in [0.5, 0.6) is 11.5 Å². The number of carbonyl (C=O) groups excluding carboxylic acids is 1. The van der Waals surface area contributed by atoms with Gasteiger partial charge in [-0.2, -0.15) is 0 Å². The first-order valence-electron chi connectivity index (χ1n) is 14.6. The number of oxime groups is 1. The van der Waals surface area contributed by atoms with Crippen molar-refractivity contribution in [2.75, 3.05) is 6.79 Å². The van der Waals surface area contributed by atoms with E-state index in [1.807, 2.05) is 30.3 Å². The maximum atomic E-state index is 12.9. The molecule has 2 aromatic rings. The Morgan fingerprint density at radius 3 is 2.38 bits per heavy atom. The molecule has 45 heavy (non-hydrogen) atoms. The molecule has 244 valence electrons. The lowest BCUT2D eigenvalue weighted by Gasteiger charge is -2.41. The SMILES string of the molecule is CC/C(=N\OCc1ccccc1)[C@H]1O[C@@H](Oc2ccc(/C=C(\C)C(=O)NC3[C@@H](O)[C@@H]4OCO[C@@H]4[C@H](O)[C@H]3O)cc2O)[C@@H](O)[C@@H]1O. The minimum atomic E-state index is -1.49. The molecule has 1 unspecified atom stereocenters. The summed E-state index contributed by atoms with van der Waals surface area (Å²) in [5, 5.41) is 69.9. The van der Waals surface area contributed by atoms with E-state index < -0.39 is 67.1 Å². The van der Waals surface area contributed by atoms with Crippen molar-refractivity contribution >= 4 is 17.7 Å². The molecular weight excluding hydrogens is 592 g/mol. The van der Waals surface area contributed by atoms with Crippen molar-refractivity contribution in [3.63, 3.8) is 0 Å². The molecule has 2 aromatic carbocycles. The van der Waals surface area contributed by atoms with Crippen molar-refractivity contribution in [1.82, 2.24) is 5.32 Å². The van der Waals surface area contributed by atoms with Gasteiger partial charge in [-0.3, -0.25) is 4.79 Å². The molecule has 1 saturated carbocycles. The van der Waals surface area contributed by atoms with Gasteiger partial charge in [0.05, 0.1) is 11.8 Å². The molecule has 2 heterocycles. The van der Waals surface area contributed by atoms with Crippen LogP contribution in [-0.2, 0) is 30.4 Å². The summed E-state index contributed by atoms with van der Waals surface area (Å²) in [6, 6.07) is 12.5. The summed E-state index contributed by atoms with van der Waals surface area (Å²) in [6.45, 7) is 3.36. The van der Waals surface area contributed by atoms with Gasteiger partial charge in [-0.1, -0.05) is 48.5 Å². The van der Waals surface area contributed by atoms with Gasteiger partial charge >= 0.3 is 0 Å². The maximum absolute atomic E-state index is 12.9. The number of carbonyl (C=O) groups is 1. The number of amides is 1. The third kappa shape index (κ3) is 7.13. The van der Waals surface area contributed by atoms with Gasteiger partial charge in [0.15, 0.2) is 11.5 Å². The highest BCUT2D eigenvalue weighted by Crippen LogP contribution is 2.33. The number of benzene rings is 2. The zero-order chi connectivity index (χ0) is 32.2. The topological polar surface area (TPSA) is 209 Å². The number of phenolic OH excluding ortho intramolecular Hbond substituents is 1. The molecule has 3 aliphatic rings. The summed E-state index contributed by atoms with van der Waals surface area (Å²) >= 11 is 0. The number of rotatable bonds is 10. The first-order valence-corrected chi connectivity index (χ1v) is 14.6. The van der Waals surface area contributed by atoms with Crippen LogP contribution in [0.4, 0.5) is 0 Å². The minimum absolute atomic E-state index is 0.0442. The maximum Gasteiger partial charge on any atom is 0.247 e. The van der Waals surface area contributed by atoms with Crippen molar-refractivity contribution < 1.29 is 59.2 Å². The van der Waals surface area contributed by atoms with Crippen molar-refractivity contribution in [2.45, 2.75) is 88.0 Å². The number of aliphatic hydroxyl groups excluding tert-OH is 5. The lowest BCUT2D eigenvalue weighted by atomic mass is 9.83. The highest BCUT2D eigenvalue weighted by atomic mass is 16.7. The quantitative estimate of drug-likeness (QED) is 0.105. The number of hydrogen-bond donors (Lipinski definition) is 7. The van der Waals surface area contributed by atoms with Gasteiger partial charge in [0.1, 0.15) is 62.2 Å². The summed E-state index contributed by atoms with van der Waals surface area (Å²) < 4.78 is 22.0. The lowest BCUT2D eigenvalue weighted by molar-refractivity contribution is -0.155. The van der Waals surface area contributed by atoms with Crippen LogP contribution in [0.1, 0.15) is 31.4 Å². The molecule has 5 rings (SSSR count). The van der Waals surface area contributed by atoms with Crippen molar-refractivity contribution in [3.05, 3.63) is 65.2 Å². The third-order valence-electron chi connectivity index (χ3n) is 8.04. The fourth-order valence-corrected chi connectivity index (χ4v) is 5.49. The van der Waals surface area contributed by atoms with Crippen LogP contribution in [0.25, 0.3) is 6.08 Å². The average molecular weight is 631 g/mol. The van der Waals surface area contributed by atoms with E-state index in [9.17, 15) is 35.4 Å². The molecule has 14 heteroatoms. The van der Waals surface area contributed by atoms with Gasteiger partial charge in [-0.25, -0.2) is 0 Å². The first-order chi connectivity index (χ1) is 21.6. The van der Waals surface area contributed by atoms with E-state index in [4.69, 9.17) is 23.8 Å². The summed E-state index contributed by atoms with van der Waals surface area (Å²) in [4.78, 5) is 18.3. The van der Waals surface area contributed by atoms with Crippen LogP contribution in [0.3, 0.4) is 0 Å². The van der Waals surface area contributed by atoms with Gasteiger partial charge in [0, 0.05) is 5.57 Å². The predicted octanol–water partition coefficient (Wildman–Crippen LogP) is -0.0736. The zero-order valence-corrected chi connectivity index (χ0v) is 24.7. The molecule has 0 aromatic heterocycles. The van der Waals surface area contributed by atoms with E-state index in [-0.39, 0.29) is 30.5 Å². The monoisotopic (exact) mass is 630 g/mol. The Kier molecular flexibility index (Phi) is 10.4. The Bertz CT molecular complexity index is 1390. The Morgan fingerprint density at radius 2 is 1.69 bits per heavy atom. The van der Waals surface area contributed by atoms with E-state index in [0.717, 1.165) is 5.56 Å². The Morgan fingerprint density at radius 1 is 0.978 bits per heavy atom. The van der Waals surface area contributed by atoms with E-state index >= 15 is 0 Å². The molecule has 0 bridgehead atoms. The normalized spacial score (nSPS) is 33.5. The molecule has 10 atom stereocenters. The van der Waals surface area contributed by atoms with Crippen molar-refractivity contribution in [2.24, 2.45) is 5.16 Å². The number of nitrogens with zero attached hydrogens (tertiary/aromatic N) is 1. The molecule has 2 aliphatic heterocycles. The molecule has 2 saturated heterocycles. The first kappa shape index (κ1) is 32.8. The van der Waals surface area contributed by atoms with E-state index in [1.54, 1.807) is 13.0 Å². The fraction of sp³-hybridized carbons (Fsp3) is 0.484. The van der Waals surface area contributed by atoms with Crippen LogP contribution >= 0.6 is 0 Å². The summed E-state index contributed by atoms with van der Waals surface area (Å²) in [5.41, 5.74) is 1.86. The second kappa shape index (κ2) is 14.2. The Labute approximate surface area is 259 Å². The van der Waals surface area contributed by atoms with Crippen molar-refractivity contribution in [3.8, 4) is 11.5 Å². The van der Waals surface area contributed by atoms with Crippen LogP contribution in [0.15, 0.2) is 59.3 Å². The highest BCUT2D eigenvalue weighted by Gasteiger charge is 2.53. The second-order valence-electron chi connectivity index (χ2n) is 11.1. The molecule has 1 amide bonds. The van der Waals surface area contributed by atoms with Gasteiger partial charge in [0.25, 0.3) is 0 Å². The van der Waals surface area contributed by atoms with Crippen LogP contribution < -0.4 is 10.1 Å². The number of phenols is 1. The summed E-state index contributed by atoms with van der Waals surface area (Å²) in [6.07, 6.45) is -9.31. The van der Waals surface area contributed by atoms with Gasteiger partial charge in [-0.05, 0) is 42.7 Å². The number of fused-ring (bicyclic) bond motifs is 1. The smallest absolute Gasteiger partial charge is 0.247 e.